The van der Waals surface area contributed by atoms with Crippen LogP contribution in [0.15, 0.2) is 36.3 Å². The van der Waals surface area contributed by atoms with Gasteiger partial charge in [0.15, 0.2) is 0 Å². The van der Waals surface area contributed by atoms with Gasteiger partial charge in [0.2, 0.25) is 0 Å². The highest BCUT2D eigenvalue weighted by molar-refractivity contribution is 8.01. The van der Waals surface area contributed by atoms with E-state index in [2.05, 4.69) is 6.58 Å². The van der Waals surface area contributed by atoms with Gasteiger partial charge in [0, 0.05) is 0 Å². The molecule has 0 aromatic heterocycles. The predicted molar refractivity (Wildman–Crippen MR) is 42.0 cm³/mol. The van der Waals surface area contributed by atoms with E-state index >= 15 is 0 Å². The molecule has 0 atom stereocenters. The van der Waals surface area contributed by atoms with Gasteiger partial charge in [0.1, 0.15) is 0 Å². The van der Waals surface area contributed by atoms with Gasteiger partial charge in [-0.15, -0.1) is 11.8 Å². The third-order valence-electron chi connectivity index (χ3n) is 0.573. The highest BCUT2D eigenvalue weighted by Gasteiger charge is 1.59. The van der Waals surface area contributed by atoms with Crippen LogP contribution < -0.4 is 0 Å². The Hall–Kier alpha value is -0.430. The predicted octanol–water partition coefficient (Wildman–Crippen LogP) is 2.61. The van der Waals surface area contributed by atoms with Gasteiger partial charge < -0.3 is 0 Å². The minimum absolute atomic E-state index is 1.69. The molecule has 0 aliphatic heterocycles. The molecule has 44 valence electrons. The fourth-order valence-corrected chi connectivity index (χ4v) is 0.515. The number of allylic oxidation sites excluding steroid dienone is 4. The molecule has 8 heavy (non-hydrogen) atoms. The van der Waals surface area contributed by atoms with E-state index in [1.54, 1.807) is 17.8 Å². The van der Waals surface area contributed by atoms with E-state index in [9.17, 15) is 0 Å². The summed E-state index contributed by atoms with van der Waals surface area (Å²) in [6.07, 6.45) is 9.60. The summed E-state index contributed by atoms with van der Waals surface area (Å²) in [7, 11) is 0. The first-order valence-corrected chi connectivity index (χ1v) is 3.67. The summed E-state index contributed by atoms with van der Waals surface area (Å²) in [5.74, 6) is 0. The smallest absolute Gasteiger partial charge is 0.0142 e. The van der Waals surface area contributed by atoms with Crippen LogP contribution in [0.25, 0.3) is 0 Å². The van der Waals surface area contributed by atoms with E-state index in [4.69, 9.17) is 0 Å². The second-order valence-corrected chi connectivity index (χ2v) is 1.93. The van der Waals surface area contributed by atoms with E-state index in [-0.39, 0.29) is 0 Å². The zero-order chi connectivity index (χ0) is 6.24. The van der Waals surface area contributed by atoms with Crippen molar-refractivity contribution in [2.45, 2.75) is 0 Å². The Morgan fingerprint density at radius 1 is 1.25 bits per heavy atom. The molecule has 0 rings (SSSR count). The van der Waals surface area contributed by atoms with Crippen molar-refractivity contribution in [2.24, 2.45) is 0 Å². The molecule has 0 amide bonds. The molecule has 1 heteroatoms. The summed E-state index contributed by atoms with van der Waals surface area (Å²) in [5, 5.41) is 2.01. The van der Waals surface area contributed by atoms with Crippen LogP contribution in [0.4, 0.5) is 0 Å². The third kappa shape index (κ3) is 5.57. The minimum Gasteiger partial charge on any atom is -0.138 e. The average Bonchev–Trinajstić information content (AvgIpc) is 1.81. The Balaban J connectivity index is 3.26. The third-order valence-corrected chi connectivity index (χ3v) is 1.00. The number of rotatable bonds is 3. The molecule has 0 nitrogen and oxygen atoms in total. The van der Waals surface area contributed by atoms with Gasteiger partial charge in [0.05, 0.1) is 0 Å². The Morgan fingerprint density at radius 2 is 2.00 bits per heavy atom. The molecule has 0 N–H and O–H groups in total. The van der Waals surface area contributed by atoms with E-state index in [1.807, 2.05) is 29.9 Å². The van der Waals surface area contributed by atoms with Crippen LogP contribution in [0.3, 0.4) is 0 Å². The van der Waals surface area contributed by atoms with Crippen molar-refractivity contribution in [3.8, 4) is 0 Å². The maximum Gasteiger partial charge on any atom is -0.0142 e. The Bertz CT molecular complexity index is 101. The summed E-state index contributed by atoms with van der Waals surface area (Å²) >= 11 is 1.69. The zero-order valence-corrected chi connectivity index (χ0v) is 5.82. The van der Waals surface area contributed by atoms with Gasteiger partial charge in [-0.05, 0) is 11.7 Å². The first-order chi connectivity index (χ1) is 3.91. The highest BCUT2D eigenvalue weighted by atomic mass is 32.2. The number of hydrogen-bond donors (Lipinski definition) is 0. The molecular weight excluding hydrogens is 116 g/mol. The van der Waals surface area contributed by atoms with Crippen molar-refractivity contribution in [1.82, 2.24) is 0 Å². The van der Waals surface area contributed by atoms with E-state index in [0.717, 1.165) is 0 Å². The molecular formula is C7H10S. The first kappa shape index (κ1) is 7.57. The van der Waals surface area contributed by atoms with Crippen LogP contribution in [0.1, 0.15) is 0 Å². The van der Waals surface area contributed by atoms with Crippen LogP contribution in [-0.4, -0.2) is 6.26 Å². The molecule has 0 unspecified atom stereocenters. The average molecular weight is 126 g/mol. The Labute approximate surface area is 55.0 Å². The second-order valence-electron chi connectivity index (χ2n) is 1.18. The zero-order valence-electron chi connectivity index (χ0n) is 5.00. The van der Waals surface area contributed by atoms with Crippen molar-refractivity contribution in [2.75, 3.05) is 6.26 Å². The molecule has 0 spiro atoms. The van der Waals surface area contributed by atoms with Crippen molar-refractivity contribution < 1.29 is 0 Å². The van der Waals surface area contributed by atoms with Crippen LogP contribution in [0.5, 0.6) is 0 Å². The minimum atomic E-state index is 1.69. The monoisotopic (exact) mass is 126 g/mol. The largest absolute Gasteiger partial charge is 0.138 e. The molecule has 0 saturated heterocycles. The SMILES string of the molecule is C=C/C=C\C=C\SC. The Morgan fingerprint density at radius 3 is 2.50 bits per heavy atom. The molecule has 0 aliphatic carbocycles. The van der Waals surface area contributed by atoms with Crippen LogP contribution in [0.2, 0.25) is 0 Å². The highest BCUT2D eigenvalue weighted by Crippen LogP contribution is 1.92. The lowest BCUT2D eigenvalue weighted by Gasteiger charge is -1.71. The van der Waals surface area contributed by atoms with Crippen molar-refractivity contribution in [1.29, 1.82) is 0 Å². The van der Waals surface area contributed by atoms with Gasteiger partial charge in [0.25, 0.3) is 0 Å². The van der Waals surface area contributed by atoms with E-state index in [1.165, 1.54) is 0 Å². The second kappa shape index (κ2) is 6.57. The lowest BCUT2D eigenvalue weighted by Crippen LogP contribution is -1.45. The Kier molecular flexibility index (Phi) is 6.22. The molecule has 0 aliphatic rings. The van der Waals surface area contributed by atoms with Crippen LogP contribution >= 0.6 is 11.8 Å². The summed E-state index contributed by atoms with van der Waals surface area (Å²) in [6, 6.07) is 0. The molecule has 0 aromatic rings. The molecule has 0 aromatic carbocycles. The summed E-state index contributed by atoms with van der Waals surface area (Å²) < 4.78 is 0. The fraction of sp³-hybridized carbons (Fsp3) is 0.143. The van der Waals surface area contributed by atoms with Gasteiger partial charge in [-0.2, -0.15) is 0 Å². The molecule has 0 fully saturated rings. The van der Waals surface area contributed by atoms with Gasteiger partial charge in [-0.3, -0.25) is 0 Å². The molecule has 0 saturated carbocycles. The van der Waals surface area contributed by atoms with Gasteiger partial charge >= 0.3 is 0 Å². The van der Waals surface area contributed by atoms with Crippen LogP contribution in [-0.2, 0) is 0 Å². The topological polar surface area (TPSA) is 0 Å². The maximum atomic E-state index is 3.53. The van der Waals surface area contributed by atoms with E-state index in [0.29, 0.717) is 0 Å². The fourth-order valence-electron chi connectivity index (χ4n) is 0.267. The maximum absolute atomic E-state index is 3.53. The summed E-state index contributed by atoms with van der Waals surface area (Å²) in [5.41, 5.74) is 0. The number of hydrogen-bond acceptors (Lipinski definition) is 1. The van der Waals surface area contributed by atoms with Crippen molar-refractivity contribution in [3.05, 3.63) is 36.3 Å². The molecule has 0 radical (unpaired) electrons. The van der Waals surface area contributed by atoms with Gasteiger partial charge in [-0.25, -0.2) is 0 Å². The normalized spacial score (nSPS) is 11.1. The standard InChI is InChI=1S/C7H10S/c1-3-4-5-6-7-8-2/h3-7H,1H2,2H3/b5-4-,7-6+. The summed E-state index contributed by atoms with van der Waals surface area (Å²) in [6.45, 7) is 3.53. The quantitative estimate of drug-likeness (QED) is 0.524. The van der Waals surface area contributed by atoms with Crippen molar-refractivity contribution >= 4 is 11.8 Å². The lowest BCUT2D eigenvalue weighted by atomic mass is 10.5. The molecule has 0 bridgehead atoms. The van der Waals surface area contributed by atoms with E-state index < -0.39 is 0 Å². The first-order valence-electron chi connectivity index (χ1n) is 2.39. The molecule has 0 heterocycles. The lowest BCUT2D eigenvalue weighted by molar-refractivity contribution is 1.97. The number of thioether (sulfide) groups is 1. The van der Waals surface area contributed by atoms with Gasteiger partial charge in [-0.1, -0.05) is 30.9 Å². The van der Waals surface area contributed by atoms with Crippen molar-refractivity contribution in [3.63, 3.8) is 0 Å². The summed E-state index contributed by atoms with van der Waals surface area (Å²) in [4.78, 5) is 0. The van der Waals surface area contributed by atoms with Crippen LogP contribution in [0, 0.1) is 0 Å².